The summed E-state index contributed by atoms with van der Waals surface area (Å²) in [5, 5.41) is 0. The molecular weight excluding hydrogens is 330 g/mol. The Morgan fingerprint density at radius 3 is 2.50 bits per heavy atom. The number of carbonyl (C=O) groups excluding carboxylic acids is 1. The van der Waals surface area contributed by atoms with Crippen LogP contribution >= 0.6 is 0 Å². The van der Waals surface area contributed by atoms with Gasteiger partial charge in [0, 0.05) is 19.2 Å². The predicted octanol–water partition coefficient (Wildman–Crippen LogP) is 3.25. The van der Waals surface area contributed by atoms with E-state index in [2.05, 4.69) is 9.97 Å². The molecule has 0 fully saturated rings. The molecule has 0 aliphatic rings. The number of carbonyl (C=O) groups is 1. The molecule has 0 atom stereocenters. The van der Waals surface area contributed by atoms with Crippen molar-refractivity contribution < 1.29 is 14.3 Å². The first-order valence-electron chi connectivity index (χ1n) is 8.19. The molecule has 0 unspecified atom stereocenters. The second kappa shape index (κ2) is 7.74. The zero-order chi connectivity index (χ0) is 18.5. The maximum atomic E-state index is 12.4. The minimum absolute atomic E-state index is 0.118. The molecule has 3 rings (SSSR count). The summed E-state index contributed by atoms with van der Waals surface area (Å²) >= 11 is 0. The van der Waals surface area contributed by atoms with Crippen LogP contribution in [0.5, 0.6) is 11.5 Å². The molecule has 0 saturated heterocycles. The van der Waals surface area contributed by atoms with Crippen LogP contribution in [-0.2, 0) is 11.3 Å². The maximum Gasteiger partial charge on any atom is 0.246 e. The second-order valence-corrected chi connectivity index (χ2v) is 5.87. The lowest BCUT2D eigenvalue weighted by Gasteiger charge is -2.13. The van der Waals surface area contributed by atoms with E-state index in [-0.39, 0.29) is 5.91 Å². The number of H-pyrrole nitrogens is 1. The van der Waals surface area contributed by atoms with Crippen molar-refractivity contribution >= 4 is 23.0 Å². The fourth-order valence-corrected chi connectivity index (χ4v) is 2.60. The van der Waals surface area contributed by atoms with Gasteiger partial charge in [0.1, 0.15) is 17.3 Å². The minimum atomic E-state index is -0.118. The summed E-state index contributed by atoms with van der Waals surface area (Å²) < 4.78 is 10.5. The lowest BCUT2D eigenvalue weighted by molar-refractivity contribution is -0.125. The first kappa shape index (κ1) is 17.5. The molecule has 26 heavy (non-hydrogen) atoms. The van der Waals surface area contributed by atoms with Gasteiger partial charge in [0.15, 0.2) is 0 Å². The van der Waals surface area contributed by atoms with Gasteiger partial charge in [-0.05, 0) is 35.9 Å². The molecule has 6 heteroatoms. The number of amides is 1. The number of fused-ring (bicyclic) bond motifs is 1. The Labute approximate surface area is 152 Å². The highest BCUT2D eigenvalue weighted by molar-refractivity contribution is 5.91. The van der Waals surface area contributed by atoms with Crippen LogP contribution in [-0.4, -0.2) is 42.0 Å². The Kier molecular flexibility index (Phi) is 5.22. The Balaban J connectivity index is 1.69. The van der Waals surface area contributed by atoms with Crippen molar-refractivity contribution in [1.82, 2.24) is 14.9 Å². The summed E-state index contributed by atoms with van der Waals surface area (Å²) in [6.07, 6.45) is 3.26. The quantitative estimate of drug-likeness (QED) is 0.692. The van der Waals surface area contributed by atoms with E-state index in [1.807, 2.05) is 36.4 Å². The average Bonchev–Trinajstić information content (AvgIpc) is 3.07. The number of nitrogens with one attached hydrogen (secondary N) is 1. The van der Waals surface area contributed by atoms with Gasteiger partial charge in [0.25, 0.3) is 0 Å². The van der Waals surface area contributed by atoms with Gasteiger partial charge in [0.2, 0.25) is 5.91 Å². The third-order valence-corrected chi connectivity index (χ3v) is 3.99. The molecule has 0 aliphatic carbocycles. The molecule has 1 heterocycles. The van der Waals surface area contributed by atoms with E-state index in [4.69, 9.17) is 9.47 Å². The van der Waals surface area contributed by atoms with E-state index < -0.39 is 0 Å². The van der Waals surface area contributed by atoms with Crippen molar-refractivity contribution in [2.75, 3.05) is 21.3 Å². The third-order valence-electron chi connectivity index (χ3n) is 3.99. The maximum absolute atomic E-state index is 12.4. The predicted molar refractivity (Wildman–Crippen MR) is 101 cm³/mol. The molecule has 134 valence electrons. The van der Waals surface area contributed by atoms with Crippen LogP contribution in [0.3, 0.4) is 0 Å². The van der Waals surface area contributed by atoms with Crippen LogP contribution in [0.15, 0.2) is 48.5 Å². The smallest absolute Gasteiger partial charge is 0.246 e. The number of hydrogen-bond acceptors (Lipinski definition) is 4. The van der Waals surface area contributed by atoms with Gasteiger partial charge in [0.05, 0.1) is 31.8 Å². The lowest BCUT2D eigenvalue weighted by atomic mass is 10.2. The van der Waals surface area contributed by atoms with Crippen molar-refractivity contribution in [3.63, 3.8) is 0 Å². The summed E-state index contributed by atoms with van der Waals surface area (Å²) in [6.45, 7) is 0.402. The van der Waals surface area contributed by atoms with Crippen molar-refractivity contribution in [1.29, 1.82) is 0 Å². The molecule has 0 radical (unpaired) electrons. The Morgan fingerprint density at radius 1 is 1.15 bits per heavy atom. The highest BCUT2D eigenvalue weighted by Crippen LogP contribution is 2.23. The number of imidazole rings is 1. The van der Waals surface area contributed by atoms with Gasteiger partial charge in [-0.2, -0.15) is 0 Å². The van der Waals surface area contributed by atoms with Gasteiger partial charge in [-0.1, -0.05) is 12.1 Å². The molecule has 3 aromatic rings. The summed E-state index contributed by atoms with van der Waals surface area (Å²) in [5.41, 5.74) is 2.68. The van der Waals surface area contributed by atoms with Gasteiger partial charge in [-0.25, -0.2) is 4.98 Å². The molecule has 1 amide bonds. The molecule has 2 aromatic carbocycles. The summed E-state index contributed by atoms with van der Waals surface area (Å²) in [4.78, 5) is 21.7. The van der Waals surface area contributed by atoms with E-state index in [0.717, 1.165) is 22.4 Å². The zero-order valence-corrected chi connectivity index (χ0v) is 15.0. The number of aromatic nitrogens is 2. The van der Waals surface area contributed by atoms with Crippen LogP contribution in [0, 0.1) is 0 Å². The van der Waals surface area contributed by atoms with Gasteiger partial charge < -0.3 is 19.4 Å². The summed E-state index contributed by atoms with van der Waals surface area (Å²) in [5.74, 6) is 1.98. The lowest BCUT2D eigenvalue weighted by Crippen LogP contribution is -2.24. The van der Waals surface area contributed by atoms with Crippen molar-refractivity contribution in [3.8, 4) is 11.5 Å². The van der Waals surface area contributed by atoms with Crippen LogP contribution in [0.4, 0.5) is 0 Å². The number of hydrogen-bond donors (Lipinski definition) is 1. The van der Waals surface area contributed by atoms with Gasteiger partial charge in [-0.15, -0.1) is 0 Å². The standard InChI is InChI=1S/C20H21N3O3/c1-23(13-19-21-17-6-4-5-7-18(17)22-19)20(24)9-8-14-10-15(25-2)12-16(11-14)26-3/h4-12H,13H2,1-3H3,(H,21,22)/b9-8-. The molecule has 6 nitrogen and oxygen atoms in total. The summed E-state index contributed by atoms with van der Waals surface area (Å²) in [6, 6.07) is 13.2. The Hall–Kier alpha value is -3.28. The van der Waals surface area contributed by atoms with E-state index in [9.17, 15) is 4.79 Å². The molecular formula is C20H21N3O3. The number of rotatable bonds is 6. The monoisotopic (exact) mass is 351 g/mol. The SMILES string of the molecule is COc1cc(/C=C\C(=O)N(C)Cc2nc3ccccc3[nH]2)cc(OC)c1. The van der Waals surface area contributed by atoms with Crippen molar-refractivity contribution in [2.45, 2.75) is 6.54 Å². The zero-order valence-electron chi connectivity index (χ0n) is 15.0. The van der Waals surface area contributed by atoms with Gasteiger partial charge in [-0.3, -0.25) is 4.79 Å². The topological polar surface area (TPSA) is 67.5 Å². The van der Waals surface area contributed by atoms with Crippen molar-refractivity contribution in [2.24, 2.45) is 0 Å². The average molecular weight is 351 g/mol. The molecule has 0 saturated carbocycles. The third kappa shape index (κ3) is 4.03. The van der Waals surface area contributed by atoms with Crippen LogP contribution in [0.25, 0.3) is 17.1 Å². The fraction of sp³-hybridized carbons (Fsp3) is 0.200. The number of methoxy groups -OCH3 is 2. The molecule has 1 aromatic heterocycles. The molecule has 0 aliphatic heterocycles. The van der Waals surface area contributed by atoms with Crippen LogP contribution < -0.4 is 9.47 Å². The highest BCUT2D eigenvalue weighted by Gasteiger charge is 2.09. The molecule has 0 bridgehead atoms. The number of para-hydroxylation sites is 2. The van der Waals surface area contributed by atoms with Crippen molar-refractivity contribution in [3.05, 3.63) is 59.9 Å². The van der Waals surface area contributed by atoms with E-state index >= 15 is 0 Å². The van der Waals surface area contributed by atoms with E-state index in [0.29, 0.717) is 18.0 Å². The number of ether oxygens (including phenoxy) is 2. The highest BCUT2D eigenvalue weighted by atomic mass is 16.5. The fourth-order valence-electron chi connectivity index (χ4n) is 2.60. The normalized spacial score (nSPS) is 11.0. The summed E-state index contributed by atoms with van der Waals surface area (Å²) in [7, 11) is 4.93. The number of benzene rings is 2. The van der Waals surface area contributed by atoms with E-state index in [1.165, 1.54) is 6.08 Å². The van der Waals surface area contributed by atoms with Gasteiger partial charge >= 0.3 is 0 Å². The Morgan fingerprint density at radius 2 is 1.85 bits per heavy atom. The minimum Gasteiger partial charge on any atom is -0.497 e. The largest absolute Gasteiger partial charge is 0.497 e. The second-order valence-electron chi connectivity index (χ2n) is 5.87. The van der Waals surface area contributed by atoms with Crippen LogP contribution in [0.1, 0.15) is 11.4 Å². The van der Waals surface area contributed by atoms with E-state index in [1.54, 1.807) is 38.3 Å². The number of aromatic amines is 1. The first-order valence-corrected chi connectivity index (χ1v) is 8.19. The van der Waals surface area contributed by atoms with Crippen LogP contribution in [0.2, 0.25) is 0 Å². The number of nitrogens with zero attached hydrogens (tertiary/aromatic N) is 2. The molecule has 1 N–H and O–H groups in total. The molecule has 0 spiro atoms. The first-order chi connectivity index (χ1) is 12.6. The Bertz CT molecular complexity index is 891. The number of likely N-dealkylation sites (N-methyl/N-ethyl adjacent to an activating group) is 1.